The highest BCUT2D eigenvalue weighted by molar-refractivity contribution is 5.99. The molecule has 0 saturated heterocycles. The number of aromatic amines is 1. The molecule has 140 valence electrons. The molecule has 28 heavy (non-hydrogen) atoms. The fourth-order valence-corrected chi connectivity index (χ4v) is 3.05. The number of aromatic nitrogens is 3. The number of benzene rings is 1. The van der Waals surface area contributed by atoms with Crippen molar-refractivity contribution in [2.45, 2.75) is 19.9 Å². The van der Waals surface area contributed by atoms with Crippen LogP contribution in [0.25, 0.3) is 22.5 Å². The Hall–Kier alpha value is -3.74. The largest absolute Gasteiger partial charge is 0.451 e. The molecule has 0 radical (unpaired) electrons. The second kappa shape index (κ2) is 7.11. The third-order valence-electron chi connectivity index (χ3n) is 4.51. The van der Waals surface area contributed by atoms with Crippen molar-refractivity contribution in [3.63, 3.8) is 0 Å². The summed E-state index contributed by atoms with van der Waals surface area (Å²) in [4.78, 5) is 36.1. The van der Waals surface area contributed by atoms with E-state index in [0.29, 0.717) is 22.8 Å². The first-order valence-electron chi connectivity index (χ1n) is 8.84. The third-order valence-corrected chi connectivity index (χ3v) is 4.51. The molecule has 1 atom stereocenters. The lowest BCUT2D eigenvalue weighted by Crippen LogP contribution is -2.28. The maximum absolute atomic E-state index is 12.7. The van der Waals surface area contributed by atoms with Crippen molar-refractivity contribution in [3.05, 3.63) is 82.1 Å². The molecular weight excluding hydrogens is 356 g/mol. The first-order chi connectivity index (χ1) is 13.5. The van der Waals surface area contributed by atoms with E-state index in [0.717, 1.165) is 10.9 Å². The molecule has 0 spiro atoms. The van der Waals surface area contributed by atoms with Crippen molar-refractivity contribution in [2.75, 3.05) is 0 Å². The summed E-state index contributed by atoms with van der Waals surface area (Å²) in [5, 5.41) is 3.75. The number of hydrogen-bond acceptors (Lipinski definition) is 5. The number of nitrogens with one attached hydrogen (secondary N) is 2. The van der Waals surface area contributed by atoms with Crippen molar-refractivity contribution in [3.8, 4) is 11.5 Å². The van der Waals surface area contributed by atoms with Gasteiger partial charge in [-0.05, 0) is 32.0 Å². The minimum Gasteiger partial charge on any atom is -0.451 e. The average Bonchev–Trinajstić information content (AvgIpc) is 3.05. The van der Waals surface area contributed by atoms with E-state index < -0.39 is 6.04 Å². The number of carbonyl (C=O) groups excluding carboxylic acids is 1. The van der Waals surface area contributed by atoms with Crippen molar-refractivity contribution >= 4 is 16.9 Å². The van der Waals surface area contributed by atoms with Crippen molar-refractivity contribution in [1.29, 1.82) is 0 Å². The number of hydrogen-bond donors (Lipinski definition) is 2. The van der Waals surface area contributed by atoms with Crippen LogP contribution in [0, 0.1) is 6.92 Å². The van der Waals surface area contributed by atoms with Crippen molar-refractivity contribution in [2.24, 2.45) is 0 Å². The van der Waals surface area contributed by atoms with E-state index in [1.165, 1.54) is 6.07 Å². The van der Waals surface area contributed by atoms with Crippen LogP contribution in [0.15, 0.2) is 63.9 Å². The van der Waals surface area contributed by atoms with Crippen LogP contribution < -0.4 is 10.9 Å². The van der Waals surface area contributed by atoms with Gasteiger partial charge < -0.3 is 14.7 Å². The summed E-state index contributed by atoms with van der Waals surface area (Å²) in [6, 6.07) is 13.7. The molecule has 1 aromatic carbocycles. The maximum Gasteiger partial charge on any atom is 0.287 e. The standard InChI is InChI=1S/C21H18N4O3/c1-12-14-7-3-4-9-17(14)28-19(12)21(27)23-13(2)16-11-18(26)25-20(24-16)15-8-5-6-10-22-15/h3-11,13H,1-2H3,(H,23,27)(H,24,25,26). The van der Waals surface area contributed by atoms with Crippen LogP contribution in [-0.4, -0.2) is 20.9 Å². The SMILES string of the molecule is Cc1c(C(=O)NC(C)c2cc(=O)[nH]c(-c3ccccn3)n2)oc2ccccc12. The Morgan fingerprint density at radius 3 is 2.71 bits per heavy atom. The molecule has 1 unspecified atom stereocenters. The summed E-state index contributed by atoms with van der Waals surface area (Å²) in [6.07, 6.45) is 1.62. The predicted molar refractivity (Wildman–Crippen MR) is 105 cm³/mol. The van der Waals surface area contributed by atoms with Gasteiger partial charge in [-0.3, -0.25) is 14.6 Å². The molecule has 7 nitrogen and oxygen atoms in total. The van der Waals surface area contributed by atoms with Gasteiger partial charge in [-0.2, -0.15) is 0 Å². The van der Waals surface area contributed by atoms with Crippen LogP contribution in [0.5, 0.6) is 0 Å². The summed E-state index contributed by atoms with van der Waals surface area (Å²) in [7, 11) is 0. The zero-order chi connectivity index (χ0) is 19.7. The average molecular weight is 374 g/mol. The number of aryl methyl sites for hydroxylation is 1. The number of fused-ring (bicyclic) bond motifs is 1. The molecule has 0 bridgehead atoms. The minimum atomic E-state index is -0.495. The van der Waals surface area contributed by atoms with Gasteiger partial charge in [0.05, 0.1) is 11.7 Å². The molecule has 0 fully saturated rings. The third kappa shape index (κ3) is 3.29. The maximum atomic E-state index is 12.7. The van der Waals surface area contributed by atoms with Crippen molar-refractivity contribution < 1.29 is 9.21 Å². The van der Waals surface area contributed by atoms with Gasteiger partial charge in [-0.25, -0.2) is 4.98 Å². The molecule has 4 rings (SSSR count). The zero-order valence-corrected chi connectivity index (χ0v) is 15.4. The fourth-order valence-electron chi connectivity index (χ4n) is 3.05. The second-order valence-corrected chi connectivity index (χ2v) is 6.48. The molecule has 3 aromatic heterocycles. The Balaban J connectivity index is 1.62. The predicted octanol–water partition coefficient (Wildman–Crippen LogP) is 3.38. The van der Waals surface area contributed by atoms with E-state index >= 15 is 0 Å². The van der Waals surface area contributed by atoms with Crippen LogP contribution in [0.3, 0.4) is 0 Å². The van der Waals surface area contributed by atoms with Gasteiger partial charge in [0.2, 0.25) is 0 Å². The number of pyridine rings is 1. The number of amides is 1. The molecule has 0 aliphatic rings. The molecule has 4 aromatic rings. The first kappa shape index (κ1) is 17.7. The molecule has 0 aliphatic carbocycles. The number of furan rings is 1. The topological polar surface area (TPSA) is 101 Å². The summed E-state index contributed by atoms with van der Waals surface area (Å²) < 4.78 is 5.70. The molecule has 0 saturated carbocycles. The Bertz CT molecular complexity index is 1210. The van der Waals surface area contributed by atoms with E-state index in [2.05, 4.69) is 20.3 Å². The summed E-state index contributed by atoms with van der Waals surface area (Å²) >= 11 is 0. The first-order valence-corrected chi connectivity index (χ1v) is 8.84. The highest BCUT2D eigenvalue weighted by Crippen LogP contribution is 2.25. The second-order valence-electron chi connectivity index (χ2n) is 6.48. The number of nitrogens with zero attached hydrogens (tertiary/aromatic N) is 2. The normalized spacial score (nSPS) is 12.1. The molecule has 7 heteroatoms. The number of H-pyrrole nitrogens is 1. The number of rotatable bonds is 4. The van der Waals surface area contributed by atoms with Gasteiger partial charge in [0, 0.05) is 23.2 Å². The summed E-state index contributed by atoms with van der Waals surface area (Å²) in [5.74, 6) is 0.245. The minimum absolute atomic E-state index is 0.253. The van der Waals surface area contributed by atoms with Gasteiger partial charge in [0.1, 0.15) is 11.3 Å². The molecule has 3 heterocycles. The van der Waals surface area contributed by atoms with E-state index in [4.69, 9.17) is 4.42 Å². The zero-order valence-electron chi connectivity index (χ0n) is 15.4. The number of para-hydroxylation sites is 1. The van der Waals surface area contributed by atoms with Crippen LogP contribution in [0.4, 0.5) is 0 Å². The smallest absolute Gasteiger partial charge is 0.287 e. The monoisotopic (exact) mass is 374 g/mol. The lowest BCUT2D eigenvalue weighted by molar-refractivity contribution is 0.0912. The Labute approximate surface area is 160 Å². The highest BCUT2D eigenvalue weighted by atomic mass is 16.3. The fraction of sp³-hybridized carbons (Fsp3) is 0.143. The molecule has 1 amide bonds. The van der Waals surface area contributed by atoms with E-state index in [-0.39, 0.29) is 17.2 Å². The van der Waals surface area contributed by atoms with Crippen molar-refractivity contribution in [1.82, 2.24) is 20.3 Å². The number of carbonyl (C=O) groups is 1. The Morgan fingerprint density at radius 1 is 1.18 bits per heavy atom. The highest BCUT2D eigenvalue weighted by Gasteiger charge is 2.20. The molecule has 2 N–H and O–H groups in total. The molecular formula is C21H18N4O3. The lowest BCUT2D eigenvalue weighted by Gasteiger charge is -2.13. The van der Waals surface area contributed by atoms with E-state index in [1.807, 2.05) is 37.3 Å². The van der Waals surface area contributed by atoms with Gasteiger partial charge in [-0.1, -0.05) is 24.3 Å². The van der Waals surface area contributed by atoms with E-state index in [9.17, 15) is 9.59 Å². The quantitative estimate of drug-likeness (QED) is 0.570. The van der Waals surface area contributed by atoms with Gasteiger partial charge in [-0.15, -0.1) is 0 Å². The van der Waals surface area contributed by atoms with Gasteiger partial charge >= 0.3 is 0 Å². The van der Waals surface area contributed by atoms with Crippen LogP contribution >= 0.6 is 0 Å². The molecule has 0 aliphatic heterocycles. The van der Waals surface area contributed by atoms with Crippen LogP contribution in [0.2, 0.25) is 0 Å². The summed E-state index contributed by atoms with van der Waals surface area (Å²) in [5.41, 5.74) is 2.10. The summed E-state index contributed by atoms with van der Waals surface area (Å²) in [6.45, 7) is 3.61. The van der Waals surface area contributed by atoms with Crippen LogP contribution in [-0.2, 0) is 0 Å². The van der Waals surface area contributed by atoms with E-state index in [1.54, 1.807) is 25.3 Å². The lowest BCUT2D eigenvalue weighted by atomic mass is 10.1. The Kier molecular flexibility index (Phi) is 4.49. The van der Waals surface area contributed by atoms with Crippen LogP contribution in [0.1, 0.15) is 34.8 Å². The van der Waals surface area contributed by atoms with Gasteiger partial charge in [0.15, 0.2) is 11.6 Å². The van der Waals surface area contributed by atoms with Gasteiger partial charge in [0.25, 0.3) is 11.5 Å². The Morgan fingerprint density at radius 2 is 1.96 bits per heavy atom.